The lowest BCUT2D eigenvalue weighted by molar-refractivity contribution is 1.07. The molecule has 0 aromatic heterocycles. The normalized spacial score (nSPS) is 12.0. The summed E-state index contributed by atoms with van der Waals surface area (Å²) in [5, 5.41) is 0.756. The quantitative estimate of drug-likeness (QED) is 0.403. The first kappa shape index (κ1) is 20.4. The first-order valence-corrected chi connectivity index (χ1v) is 15.6. The molecule has 120 valence electrons. The highest BCUT2D eigenvalue weighted by molar-refractivity contribution is 7.34. The van der Waals surface area contributed by atoms with Gasteiger partial charge in [0.1, 0.15) is 0 Å². The van der Waals surface area contributed by atoms with Crippen LogP contribution < -0.4 is 0 Å². The SMILES string of the molecule is CC(c1ccccc1)[SiH](Cl)Cl.Clc1ccccc1C[SiH](Cl)Cl. The fourth-order valence-corrected chi connectivity index (χ4v) is 5.15. The zero-order chi connectivity index (χ0) is 16.5. The summed E-state index contributed by atoms with van der Waals surface area (Å²) < 4.78 is 0. The molecule has 0 aliphatic rings. The van der Waals surface area contributed by atoms with Crippen molar-refractivity contribution in [2.75, 3.05) is 0 Å². The van der Waals surface area contributed by atoms with Crippen molar-refractivity contribution in [3.05, 3.63) is 70.7 Å². The maximum Gasteiger partial charge on any atom is 0.244 e. The lowest BCUT2D eigenvalue weighted by Gasteiger charge is -2.09. The van der Waals surface area contributed by atoms with Crippen molar-refractivity contribution in [3.63, 3.8) is 0 Å². The topological polar surface area (TPSA) is 0 Å². The molecule has 2 aromatic carbocycles. The van der Waals surface area contributed by atoms with Gasteiger partial charge in [0.05, 0.1) is 0 Å². The van der Waals surface area contributed by atoms with E-state index in [4.69, 9.17) is 55.9 Å². The summed E-state index contributed by atoms with van der Waals surface area (Å²) in [5.74, 6) is 0. The van der Waals surface area contributed by atoms with Crippen molar-refractivity contribution >= 4 is 70.7 Å². The summed E-state index contributed by atoms with van der Waals surface area (Å²) in [4.78, 5) is 0. The van der Waals surface area contributed by atoms with E-state index in [1.807, 2.05) is 42.5 Å². The van der Waals surface area contributed by atoms with Crippen LogP contribution in [0.25, 0.3) is 0 Å². The maximum absolute atomic E-state index is 5.87. The molecule has 2 rings (SSSR count). The van der Waals surface area contributed by atoms with E-state index in [1.165, 1.54) is 5.56 Å². The predicted molar refractivity (Wildman–Crippen MR) is 108 cm³/mol. The van der Waals surface area contributed by atoms with Gasteiger partial charge >= 0.3 is 0 Å². The Morgan fingerprint density at radius 3 is 1.91 bits per heavy atom. The molecule has 7 heteroatoms. The molecule has 0 nitrogen and oxygen atoms in total. The molecular weight excluding hydrogens is 414 g/mol. The lowest BCUT2D eigenvalue weighted by Crippen LogP contribution is -2.06. The smallest absolute Gasteiger partial charge is 0.150 e. The number of rotatable bonds is 4. The first-order chi connectivity index (χ1) is 10.4. The van der Waals surface area contributed by atoms with Gasteiger partial charge < -0.3 is 0 Å². The van der Waals surface area contributed by atoms with Crippen molar-refractivity contribution in [1.82, 2.24) is 0 Å². The molecule has 0 fully saturated rings. The molecule has 0 bridgehead atoms. The van der Waals surface area contributed by atoms with Gasteiger partial charge in [-0.25, -0.2) is 0 Å². The van der Waals surface area contributed by atoms with Gasteiger partial charge in [-0.15, -0.1) is 44.3 Å². The molecule has 0 aliphatic carbocycles. The van der Waals surface area contributed by atoms with Crippen LogP contribution in [-0.2, 0) is 6.04 Å². The minimum absolute atomic E-state index is 0.347. The summed E-state index contributed by atoms with van der Waals surface area (Å²) in [5.41, 5.74) is 2.64. The third kappa shape index (κ3) is 7.73. The second-order valence-electron chi connectivity index (χ2n) is 4.72. The third-order valence-electron chi connectivity index (χ3n) is 3.04. The fraction of sp³-hybridized carbons (Fsp3) is 0.200. The molecule has 1 atom stereocenters. The largest absolute Gasteiger partial charge is 0.244 e. The molecule has 0 aliphatic heterocycles. The van der Waals surface area contributed by atoms with E-state index < -0.39 is 14.8 Å². The molecule has 0 amide bonds. The van der Waals surface area contributed by atoms with E-state index >= 15 is 0 Å². The van der Waals surface area contributed by atoms with E-state index in [1.54, 1.807) is 0 Å². The molecule has 0 spiro atoms. The first-order valence-electron chi connectivity index (χ1n) is 6.76. The minimum atomic E-state index is -1.57. The van der Waals surface area contributed by atoms with Gasteiger partial charge in [-0.05, 0) is 23.2 Å². The standard InChI is InChI=1S/C8H10Cl2Si.C7H7Cl3Si/c1-7(11(9)10)8-5-3-2-4-6-8;8-7-4-2-1-3-6(7)5-11(9)10/h2-7,11H,1H3;1-4,11H,5H2. The Morgan fingerprint density at radius 2 is 1.41 bits per heavy atom. The maximum atomic E-state index is 5.87. The summed E-state index contributed by atoms with van der Waals surface area (Å²) in [6, 6.07) is 18.5. The van der Waals surface area contributed by atoms with Crippen LogP contribution >= 0.6 is 55.9 Å². The third-order valence-corrected chi connectivity index (χ3v) is 8.49. The molecule has 0 N–H and O–H groups in total. The van der Waals surface area contributed by atoms with Gasteiger partial charge in [0.2, 0.25) is 14.8 Å². The van der Waals surface area contributed by atoms with Gasteiger partial charge in [-0.3, -0.25) is 0 Å². The van der Waals surface area contributed by atoms with Crippen LogP contribution in [0.5, 0.6) is 0 Å². The van der Waals surface area contributed by atoms with E-state index in [9.17, 15) is 0 Å². The number of benzene rings is 2. The summed E-state index contributed by atoms with van der Waals surface area (Å²) in [6.07, 6.45) is 0. The van der Waals surface area contributed by atoms with Gasteiger partial charge in [0.15, 0.2) is 0 Å². The van der Waals surface area contributed by atoms with E-state index in [-0.39, 0.29) is 0 Å². The van der Waals surface area contributed by atoms with Crippen molar-refractivity contribution in [3.8, 4) is 0 Å². The average molecular weight is 431 g/mol. The van der Waals surface area contributed by atoms with Gasteiger partial charge in [0.25, 0.3) is 0 Å². The highest BCUT2D eigenvalue weighted by Gasteiger charge is 2.14. The monoisotopic (exact) mass is 428 g/mol. The van der Waals surface area contributed by atoms with Crippen LogP contribution in [0.4, 0.5) is 0 Å². The van der Waals surface area contributed by atoms with Gasteiger partial charge in [-0.1, -0.05) is 67.1 Å². The Labute approximate surface area is 159 Å². The molecule has 0 saturated heterocycles. The number of halogens is 5. The van der Waals surface area contributed by atoms with Crippen molar-refractivity contribution < 1.29 is 0 Å². The average Bonchev–Trinajstić information content (AvgIpc) is 2.50. The Morgan fingerprint density at radius 1 is 0.864 bits per heavy atom. The second-order valence-corrected chi connectivity index (χ2v) is 15.3. The second kappa shape index (κ2) is 11.0. The minimum Gasteiger partial charge on any atom is -0.150 e. The van der Waals surface area contributed by atoms with Crippen LogP contribution in [0.15, 0.2) is 54.6 Å². The van der Waals surface area contributed by atoms with Gasteiger partial charge in [0, 0.05) is 10.6 Å². The molecule has 0 saturated carbocycles. The summed E-state index contributed by atoms with van der Waals surface area (Å²) in [7, 11) is -3.11. The highest BCUT2D eigenvalue weighted by Crippen LogP contribution is 2.22. The molecule has 2 aromatic rings. The Hall–Kier alpha value is 0.324. The fourth-order valence-electron chi connectivity index (χ4n) is 1.73. The van der Waals surface area contributed by atoms with E-state index in [0.29, 0.717) is 5.54 Å². The van der Waals surface area contributed by atoms with Gasteiger partial charge in [-0.2, -0.15) is 0 Å². The molecule has 0 heterocycles. The Balaban J connectivity index is 0.000000220. The number of hydrogen-bond acceptors (Lipinski definition) is 0. The lowest BCUT2D eigenvalue weighted by atomic mass is 10.2. The Bertz CT molecular complexity index is 549. The zero-order valence-electron chi connectivity index (χ0n) is 12.0. The van der Waals surface area contributed by atoms with Crippen LogP contribution in [0.3, 0.4) is 0 Å². The van der Waals surface area contributed by atoms with Crippen LogP contribution in [0.2, 0.25) is 5.02 Å². The number of hydrogen-bond donors (Lipinski definition) is 0. The highest BCUT2D eigenvalue weighted by atomic mass is 35.7. The van der Waals surface area contributed by atoms with Crippen molar-refractivity contribution in [1.29, 1.82) is 0 Å². The summed E-state index contributed by atoms with van der Waals surface area (Å²) >= 11 is 29.1. The van der Waals surface area contributed by atoms with E-state index in [0.717, 1.165) is 16.6 Å². The van der Waals surface area contributed by atoms with Crippen LogP contribution in [0, 0.1) is 0 Å². The summed E-state index contributed by atoms with van der Waals surface area (Å²) in [6.45, 7) is 2.08. The zero-order valence-corrected chi connectivity index (χ0v) is 18.1. The van der Waals surface area contributed by atoms with Crippen molar-refractivity contribution in [2.45, 2.75) is 18.5 Å². The molecule has 22 heavy (non-hydrogen) atoms. The van der Waals surface area contributed by atoms with Crippen LogP contribution in [0.1, 0.15) is 23.6 Å². The van der Waals surface area contributed by atoms with Crippen LogP contribution in [-0.4, -0.2) is 14.8 Å². The molecular formula is C15H17Cl5Si2. The van der Waals surface area contributed by atoms with E-state index in [2.05, 4.69) is 19.1 Å². The molecule has 0 radical (unpaired) electrons. The predicted octanol–water partition coefficient (Wildman–Crippen LogP) is 6.15. The Kier molecular flexibility index (Phi) is 10.2. The molecule has 1 unspecified atom stereocenters. The van der Waals surface area contributed by atoms with Crippen molar-refractivity contribution in [2.24, 2.45) is 0 Å².